The number of benzene rings is 1. The minimum atomic E-state index is -1.01. The third-order valence-corrected chi connectivity index (χ3v) is 5.44. The highest BCUT2D eigenvalue weighted by Gasteiger charge is 2.36. The molecule has 4 rings (SSSR count). The molecule has 2 N–H and O–H groups in total. The lowest BCUT2D eigenvalue weighted by atomic mass is 10.0. The summed E-state index contributed by atoms with van der Waals surface area (Å²) in [7, 11) is 0. The molecule has 140 valence electrons. The van der Waals surface area contributed by atoms with E-state index >= 15 is 0 Å². The molecule has 7 heteroatoms. The van der Waals surface area contributed by atoms with Crippen molar-refractivity contribution in [2.75, 3.05) is 6.54 Å². The Morgan fingerprint density at radius 2 is 2.11 bits per heavy atom. The van der Waals surface area contributed by atoms with Crippen molar-refractivity contribution in [3.05, 3.63) is 46.8 Å². The predicted molar refractivity (Wildman–Crippen MR) is 103 cm³/mol. The van der Waals surface area contributed by atoms with Gasteiger partial charge in [-0.05, 0) is 31.5 Å². The van der Waals surface area contributed by atoms with E-state index in [-0.39, 0.29) is 11.5 Å². The van der Waals surface area contributed by atoms with Gasteiger partial charge < -0.3 is 10.4 Å². The van der Waals surface area contributed by atoms with Gasteiger partial charge in [0, 0.05) is 49.9 Å². The van der Waals surface area contributed by atoms with Gasteiger partial charge in [0.05, 0.1) is 11.1 Å². The quantitative estimate of drug-likeness (QED) is 0.852. The Morgan fingerprint density at radius 1 is 1.33 bits per heavy atom. The zero-order valence-corrected chi connectivity index (χ0v) is 15.6. The molecule has 0 bridgehead atoms. The van der Waals surface area contributed by atoms with Crippen LogP contribution in [0, 0.1) is 6.92 Å². The van der Waals surface area contributed by atoms with Crippen molar-refractivity contribution < 1.29 is 14.7 Å². The lowest BCUT2D eigenvalue weighted by Crippen LogP contribution is -2.56. The van der Waals surface area contributed by atoms with Crippen molar-refractivity contribution in [1.29, 1.82) is 0 Å². The van der Waals surface area contributed by atoms with Gasteiger partial charge in [0.1, 0.15) is 0 Å². The van der Waals surface area contributed by atoms with Crippen molar-refractivity contribution in [3.8, 4) is 0 Å². The molecule has 1 unspecified atom stereocenters. The molecular weight excluding hydrogens is 344 g/mol. The third kappa shape index (κ3) is 2.75. The molecule has 2 aromatic rings. The zero-order valence-electron chi connectivity index (χ0n) is 15.6. The Kier molecular flexibility index (Phi) is 3.92. The molecule has 27 heavy (non-hydrogen) atoms. The Hall–Kier alpha value is -2.93. The number of hydrogen-bond acceptors (Lipinski definition) is 5. The van der Waals surface area contributed by atoms with Gasteiger partial charge in [0.15, 0.2) is 5.79 Å². The van der Waals surface area contributed by atoms with E-state index in [4.69, 9.17) is 5.11 Å². The van der Waals surface area contributed by atoms with Crippen LogP contribution in [0.25, 0.3) is 10.9 Å². The summed E-state index contributed by atoms with van der Waals surface area (Å²) in [5.41, 5.74) is 4.43. The van der Waals surface area contributed by atoms with Gasteiger partial charge in [0.25, 0.3) is 0 Å². The van der Waals surface area contributed by atoms with Crippen molar-refractivity contribution in [2.45, 2.75) is 39.5 Å². The zero-order chi connectivity index (χ0) is 19.3. The van der Waals surface area contributed by atoms with E-state index in [9.17, 15) is 9.59 Å². The van der Waals surface area contributed by atoms with Gasteiger partial charge in [-0.25, -0.2) is 9.79 Å². The topological polar surface area (TPSA) is 86.9 Å². The van der Waals surface area contributed by atoms with Gasteiger partial charge in [-0.15, -0.1) is 0 Å². The van der Waals surface area contributed by atoms with Crippen molar-refractivity contribution >= 4 is 29.0 Å². The molecular formula is C20H22N4O3. The van der Waals surface area contributed by atoms with E-state index in [2.05, 4.69) is 21.3 Å². The summed E-state index contributed by atoms with van der Waals surface area (Å²) in [5.74, 6) is -1.70. The Labute approximate surface area is 157 Å². The summed E-state index contributed by atoms with van der Waals surface area (Å²) in [6.07, 6.45) is 3.62. The maximum Gasteiger partial charge on any atom is 0.338 e. The molecule has 1 aromatic carbocycles. The van der Waals surface area contributed by atoms with E-state index in [1.165, 1.54) is 12.4 Å². The number of aliphatic carboxylic acids is 1. The average molecular weight is 366 g/mol. The Bertz CT molecular complexity index is 1030. The summed E-state index contributed by atoms with van der Waals surface area (Å²) >= 11 is 0. The largest absolute Gasteiger partial charge is 0.478 e. The first-order valence-corrected chi connectivity index (χ1v) is 8.95. The van der Waals surface area contributed by atoms with Gasteiger partial charge in [0.2, 0.25) is 5.91 Å². The second kappa shape index (κ2) is 6.06. The number of fused-ring (bicyclic) bond motifs is 3. The second-order valence-electron chi connectivity index (χ2n) is 7.30. The number of aryl methyl sites for hydroxylation is 1. The van der Waals surface area contributed by atoms with Crippen LogP contribution in [0.3, 0.4) is 0 Å². The summed E-state index contributed by atoms with van der Waals surface area (Å²) < 4.78 is 1.82. The summed E-state index contributed by atoms with van der Waals surface area (Å²) in [6, 6.07) is 6.16. The minimum Gasteiger partial charge on any atom is -0.478 e. The third-order valence-electron chi connectivity index (χ3n) is 5.44. The molecule has 0 radical (unpaired) electrons. The number of hydrogen-bond donors (Lipinski definition) is 2. The Morgan fingerprint density at radius 3 is 2.74 bits per heavy atom. The van der Waals surface area contributed by atoms with E-state index in [1.54, 1.807) is 6.92 Å². The fourth-order valence-electron chi connectivity index (χ4n) is 3.98. The van der Waals surface area contributed by atoms with Gasteiger partial charge >= 0.3 is 5.97 Å². The molecule has 7 nitrogen and oxygen atoms in total. The molecule has 2 aliphatic heterocycles. The number of carboxylic acids is 1. The molecule has 0 spiro atoms. The standard InChI is InChI=1S/C20H22N4O3/c1-12-4-5-17-15(8-12)16-11-23(7-6-18(16)24(17)13(2)25)20(3)21-9-14(10-22-20)19(26)27/h4-5,8-10,21H,6-7,11H2,1-3H3,(H,26,27). The molecule has 2 aliphatic rings. The van der Waals surface area contributed by atoms with Crippen LogP contribution in [0.2, 0.25) is 0 Å². The van der Waals surface area contributed by atoms with Crippen LogP contribution in [-0.2, 0) is 17.8 Å². The normalized spacial score (nSPS) is 22.3. The van der Waals surface area contributed by atoms with Crippen molar-refractivity contribution in [3.63, 3.8) is 0 Å². The smallest absolute Gasteiger partial charge is 0.338 e. The fourth-order valence-corrected chi connectivity index (χ4v) is 3.98. The lowest BCUT2D eigenvalue weighted by Gasteiger charge is -2.41. The predicted octanol–water partition coefficient (Wildman–Crippen LogP) is 2.28. The number of aliphatic imine (C=N–C) groups is 1. The highest BCUT2D eigenvalue weighted by Crippen LogP contribution is 2.34. The van der Waals surface area contributed by atoms with Crippen LogP contribution in [0.4, 0.5) is 0 Å². The van der Waals surface area contributed by atoms with E-state index in [1.807, 2.05) is 30.5 Å². The minimum absolute atomic E-state index is 0.0209. The monoisotopic (exact) mass is 366 g/mol. The summed E-state index contributed by atoms with van der Waals surface area (Å²) in [4.78, 5) is 30.0. The van der Waals surface area contributed by atoms with Gasteiger partial charge in [-0.1, -0.05) is 11.6 Å². The molecule has 0 saturated carbocycles. The highest BCUT2D eigenvalue weighted by atomic mass is 16.4. The average Bonchev–Trinajstić information content (AvgIpc) is 2.95. The van der Waals surface area contributed by atoms with Crippen LogP contribution < -0.4 is 5.32 Å². The Balaban J connectivity index is 1.74. The number of carboxylic acid groups (broad SMARTS) is 1. The molecule has 3 heterocycles. The maximum absolute atomic E-state index is 12.3. The molecule has 0 fully saturated rings. The van der Waals surface area contributed by atoms with Crippen LogP contribution in [0.5, 0.6) is 0 Å². The first kappa shape index (κ1) is 17.5. The maximum atomic E-state index is 12.3. The van der Waals surface area contributed by atoms with Gasteiger partial charge in [-0.2, -0.15) is 0 Å². The number of nitrogens with zero attached hydrogens (tertiary/aromatic N) is 3. The first-order valence-electron chi connectivity index (χ1n) is 8.95. The van der Waals surface area contributed by atoms with Gasteiger partial charge in [-0.3, -0.25) is 14.3 Å². The molecule has 0 aliphatic carbocycles. The molecule has 0 saturated heterocycles. The number of aromatic nitrogens is 1. The number of rotatable bonds is 2. The summed E-state index contributed by atoms with van der Waals surface area (Å²) in [6.45, 7) is 6.92. The second-order valence-corrected chi connectivity index (χ2v) is 7.30. The van der Waals surface area contributed by atoms with E-state index in [0.29, 0.717) is 13.1 Å². The van der Waals surface area contributed by atoms with Crippen LogP contribution in [0.1, 0.15) is 35.5 Å². The molecule has 1 aromatic heterocycles. The molecule has 1 atom stereocenters. The van der Waals surface area contributed by atoms with Crippen LogP contribution in [-0.4, -0.2) is 45.0 Å². The fraction of sp³-hybridized carbons (Fsp3) is 0.350. The number of carbonyl (C=O) groups is 2. The van der Waals surface area contributed by atoms with Crippen LogP contribution >= 0.6 is 0 Å². The van der Waals surface area contributed by atoms with E-state index < -0.39 is 11.8 Å². The first-order chi connectivity index (χ1) is 12.8. The SMILES string of the molecule is CC(=O)n1c2c(c3cc(C)ccc31)CN(C1(C)N=CC(C(=O)O)=CN1)CC2. The number of carbonyl (C=O) groups excluding carboxylic acids is 1. The number of nitrogens with one attached hydrogen (secondary N) is 1. The summed E-state index contributed by atoms with van der Waals surface area (Å²) in [5, 5.41) is 13.3. The van der Waals surface area contributed by atoms with Crippen molar-refractivity contribution in [1.82, 2.24) is 14.8 Å². The molecule has 0 amide bonds. The van der Waals surface area contributed by atoms with E-state index in [0.717, 1.165) is 34.1 Å². The lowest BCUT2D eigenvalue weighted by molar-refractivity contribution is -0.132. The van der Waals surface area contributed by atoms with Crippen LogP contribution in [0.15, 0.2) is 35.0 Å². The highest BCUT2D eigenvalue weighted by molar-refractivity contribution is 6.08. The van der Waals surface area contributed by atoms with Crippen molar-refractivity contribution in [2.24, 2.45) is 4.99 Å².